The third-order valence-corrected chi connectivity index (χ3v) is 1.97. The van der Waals surface area contributed by atoms with Gasteiger partial charge in [0.05, 0.1) is 5.57 Å². The van der Waals surface area contributed by atoms with Crippen molar-refractivity contribution in [1.29, 1.82) is 0 Å². The first-order valence-corrected chi connectivity index (χ1v) is 4.66. The largest absolute Gasteiger partial charge is 0.423 e. The molecule has 0 aliphatic carbocycles. The fraction of sp³-hybridized carbons (Fsp3) is 0.0909. The van der Waals surface area contributed by atoms with Crippen molar-refractivity contribution >= 4 is 17.4 Å². The van der Waals surface area contributed by atoms with Crippen molar-refractivity contribution in [3.63, 3.8) is 0 Å². The highest BCUT2D eigenvalue weighted by Crippen LogP contribution is 2.16. The minimum absolute atomic E-state index is 0.131. The van der Waals surface area contributed by atoms with Crippen LogP contribution < -0.4 is 0 Å². The molecule has 0 amide bonds. The second kappa shape index (κ2) is 4.48. The molecule has 0 aliphatic heterocycles. The van der Waals surface area contributed by atoms with Gasteiger partial charge in [0.15, 0.2) is 5.78 Å². The topological polar surface area (TPSA) is 68.9 Å². The Balaban J connectivity index is 2.42. The van der Waals surface area contributed by atoms with Crippen LogP contribution >= 0.6 is 0 Å². The van der Waals surface area contributed by atoms with Crippen LogP contribution in [0.3, 0.4) is 0 Å². The van der Waals surface area contributed by atoms with Crippen LogP contribution in [-0.2, 0) is 4.79 Å². The molecular weight excluding hydrogens is 206 g/mol. The molecule has 0 atom stereocenters. The van der Waals surface area contributed by atoms with Crippen LogP contribution in [0.4, 0.5) is 0 Å². The van der Waals surface area contributed by atoms with Gasteiger partial charge < -0.3 is 4.42 Å². The molecule has 2 heterocycles. The van der Waals surface area contributed by atoms with Crippen LogP contribution in [0.5, 0.6) is 0 Å². The molecule has 0 unspecified atom stereocenters. The summed E-state index contributed by atoms with van der Waals surface area (Å²) in [6, 6.07) is 3.63. The number of Topliss-reactive ketones (excluding diaryl/α,β-unsaturated/α-hetero) is 1. The maximum Gasteiger partial charge on any atom is 0.251 e. The van der Waals surface area contributed by atoms with Crippen molar-refractivity contribution in [3.05, 3.63) is 42.4 Å². The van der Waals surface area contributed by atoms with Crippen LogP contribution in [0.2, 0.25) is 0 Å². The Kier molecular flexibility index (Phi) is 2.86. The number of hydrogen-bond donors (Lipinski definition) is 0. The van der Waals surface area contributed by atoms with E-state index in [1.165, 1.54) is 13.3 Å². The van der Waals surface area contributed by atoms with E-state index in [0.717, 1.165) is 5.56 Å². The summed E-state index contributed by atoms with van der Waals surface area (Å²) < 4.78 is 5.00. The Morgan fingerprint density at radius 3 is 2.94 bits per heavy atom. The predicted octanol–water partition coefficient (Wildman–Crippen LogP) is 1.59. The number of rotatable bonds is 3. The summed E-state index contributed by atoms with van der Waals surface area (Å²) in [6.45, 7) is 1.45. The van der Waals surface area contributed by atoms with Gasteiger partial charge in [-0.2, -0.15) is 0 Å². The molecule has 0 bridgehead atoms. The van der Waals surface area contributed by atoms with Crippen molar-refractivity contribution in [2.45, 2.75) is 6.92 Å². The first-order chi connectivity index (χ1) is 7.77. The number of carbonyl (C=O) groups excluding carboxylic acids is 1. The molecule has 2 aromatic rings. The summed E-state index contributed by atoms with van der Waals surface area (Å²) in [5, 5.41) is 7.25. The molecule has 0 aromatic carbocycles. The third kappa shape index (κ3) is 2.20. The van der Waals surface area contributed by atoms with Gasteiger partial charge in [-0.3, -0.25) is 9.78 Å². The molecule has 0 saturated carbocycles. The smallest absolute Gasteiger partial charge is 0.251 e. The zero-order valence-electron chi connectivity index (χ0n) is 8.62. The first kappa shape index (κ1) is 10.2. The van der Waals surface area contributed by atoms with Crippen LogP contribution in [0.1, 0.15) is 18.4 Å². The normalized spacial score (nSPS) is 11.4. The van der Waals surface area contributed by atoms with Gasteiger partial charge in [0.1, 0.15) is 0 Å². The molecule has 2 aromatic heterocycles. The number of allylic oxidation sites excluding steroid dienone is 1. The number of ketones is 1. The van der Waals surface area contributed by atoms with E-state index in [1.54, 1.807) is 24.5 Å². The average Bonchev–Trinajstić information content (AvgIpc) is 2.80. The molecule has 5 heteroatoms. The fourth-order valence-corrected chi connectivity index (χ4v) is 1.23. The summed E-state index contributed by atoms with van der Waals surface area (Å²) in [6.07, 6.45) is 6.18. The molecule has 0 saturated heterocycles. The van der Waals surface area contributed by atoms with Gasteiger partial charge in [-0.15, -0.1) is 10.2 Å². The van der Waals surface area contributed by atoms with Crippen molar-refractivity contribution in [2.24, 2.45) is 0 Å². The average molecular weight is 215 g/mol. The second-order valence-corrected chi connectivity index (χ2v) is 3.14. The zero-order valence-corrected chi connectivity index (χ0v) is 8.62. The lowest BCUT2D eigenvalue weighted by Crippen LogP contribution is -1.96. The van der Waals surface area contributed by atoms with Crippen molar-refractivity contribution in [1.82, 2.24) is 15.2 Å². The van der Waals surface area contributed by atoms with Crippen LogP contribution in [0, 0.1) is 0 Å². The lowest BCUT2D eigenvalue weighted by molar-refractivity contribution is -0.111. The molecule has 0 radical (unpaired) electrons. The second-order valence-electron chi connectivity index (χ2n) is 3.14. The van der Waals surface area contributed by atoms with Crippen LogP contribution in [0.15, 0.2) is 35.3 Å². The predicted molar refractivity (Wildman–Crippen MR) is 57.1 cm³/mol. The van der Waals surface area contributed by atoms with Gasteiger partial charge in [0.2, 0.25) is 6.39 Å². The zero-order chi connectivity index (χ0) is 11.4. The van der Waals surface area contributed by atoms with E-state index in [4.69, 9.17) is 4.42 Å². The molecule has 16 heavy (non-hydrogen) atoms. The van der Waals surface area contributed by atoms with Crippen molar-refractivity contribution in [2.75, 3.05) is 0 Å². The van der Waals surface area contributed by atoms with E-state index >= 15 is 0 Å². The Morgan fingerprint density at radius 1 is 1.50 bits per heavy atom. The van der Waals surface area contributed by atoms with E-state index in [-0.39, 0.29) is 11.7 Å². The maximum absolute atomic E-state index is 11.4. The quantitative estimate of drug-likeness (QED) is 0.727. The summed E-state index contributed by atoms with van der Waals surface area (Å²) in [5.74, 6) is 0.0875. The lowest BCUT2D eigenvalue weighted by atomic mass is 10.1. The van der Waals surface area contributed by atoms with Gasteiger partial charge in [0.25, 0.3) is 5.89 Å². The minimum atomic E-state index is -0.131. The molecule has 80 valence electrons. The Labute approximate surface area is 91.8 Å². The molecule has 5 nitrogen and oxygen atoms in total. The number of hydrogen-bond acceptors (Lipinski definition) is 5. The van der Waals surface area contributed by atoms with Crippen LogP contribution in [0.25, 0.3) is 11.6 Å². The summed E-state index contributed by atoms with van der Waals surface area (Å²) in [7, 11) is 0. The van der Waals surface area contributed by atoms with Gasteiger partial charge in [-0.1, -0.05) is 6.07 Å². The van der Waals surface area contributed by atoms with E-state index < -0.39 is 0 Å². The van der Waals surface area contributed by atoms with Gasteiger partial charge in [-0.25, -0.2) is 0 Å². The summed E-state index contributed by atoms with van der Waals surface area (Å²) in [5.41, 5.74) is 1.19. The Morgan fingerprint density at radius 2 is 2.38 bits per heavy atom. The van der Waals surface area contributed by atoms with Crippen LogP contribution in [-0.4, -0.2) is 21.0 Å². The molecule has 0 fully saturated rings. The standard InChI is InChI=1S/C11H9N3O2/c1-8(15)10(11-14-13-7-16-11)5-9-3-2-4-12-6-9/h2-7H,1H3. The number of aromatic nitrogens is 3. The van der Waals surface area contributed by atoms with Crippen molar-refractivity contribution < 1.29 is 9.21 Å². The molecule has 0 aliphatic rings. The third-order valence-electron chi connectivity index (χ3n) is 1.97. The molecular formula is C11H9N3O2. The molecule has 2 rings (SSSR count). The number of nitrogens with zero attached hydrogens (tertiary/aromatic N) is 3. The van der Waals surface area contributed by atoms with Gasteiger partial charge >= 0.3 is 0 Å². The van der Waals surface area contributed by atoms with E-state index in [0.29, 0.717) is 5.57 Å². The monoisotopic (exact) mass is 215 g/mol. The highest BCUT2D eigenvalue weighted by Gasteiger charge is 2.12. The number of carbonyl (C=O) groups is 1. The van der Waals surface area contributed by atoms with E-state index in [1.807, 2.05) is 6.07 Å². The lowest BCUT2D eigenvalue weighted by Gasteiger charge is -1.97. The highest BCUT2D eigenvalue weighted by atomic mass is 16.4. The van der Waals surface area contributed by atoms with Gasteiger partial charge in [-0.05, 0) is 24.6 Å². The molecule has 0 N–H and O–H groups in total. The minimum Gasteiger partial charge on any atom is -0.423 e. The Bertz CT molecular complexity index is 503. The first-order valence-electron chi connectivity index (χ1n) is 4.66. The SMILES string of the molecule is CC(=O)C(=Cc1cccnc1)c1nnco1. The summed E-state index contributed by atoms with van der Waals surface area (Å²) in [4.78, 5) is 15.4. The maximum atomic E-state index is 11.4. The molecule has 0 spiro atoms. The Hall–Kier alpha value is -2.30. The summed E-state index contributed by atoms with van der Waals surface area (Å²) >= 11 is 0. The van der Waals surface area contributed by atoms with Crippen molar-refractivity contribution in [3.8, 4) is 0 Å². The van der Waals surface area contributed by atoms with E-state index in [9.17, 15) is 4.79 Å². The van der Waals surface area contributed by atoms with E-state index in [2.05, 4.69) is 15.2 Å². The highest BCUT2D eigenvalue weighted by molar-refractivity contribution is 6.22. The fourth-order valence-electron chi connectivity index (χ4n) is 1.23. The number of pyridine rings is 1. The van der Waals surface area contributed by atoms with Gasteiger partial charge in [0, 0.05) is 12.4 Å².